The van der Waals surface area contributed by atoms with Crippen LogP contribution < -0.4 is 9.88 Å². The summed E-state index contributed by atoms with van der Waals surface area (Å²) in [6.45, 7) is 0. The Labute approximate surface area is 253 Å². The van der Waals surface area contributed by atoms with Crippen LogP contribution in [0.3, 0.4) is 0 Å². The van der Waals surface area contributed by atoms with Gasteiger partial charge in [-0.2, -0.15) is 5.10 Å². The van der Waals surface area contributed by atoms with Crippen molar-refractivity contribution in [2.45, 2.75) is 30.6 Å². The van der Waals surface area contributed by atoms with Gasteiger partial charge in [0.25, 0.3) is 0 Å². The standard InChI is InChI=1S/C30H23F3N4O5S2/c31-19-5-7-20(8-6-19)42-26-14-18(4-9-22(26)32)28-21(11-17-3-10-27(23(33)12-17)44(34,40)41)25(13-16-1-2-16)37(36-28)30-35-24(15-43-30)29(38)39/h3-10,12,14-16H,1-2,11,13H2,(H,38,39)(H2,34,40,41). The third kappa shape index (κ3) is 6.23. The fourth-order valence-electron chi connectivity index (χ4n) is 4.77. The van der Waals surface area contributed by atoms with Crippen molar-refractivity contribution in [1.29, 1.82) is 0 Å². The lowest BCUT2D eigenvalue weighted by Crippen LogP contribution is -2.14. The predicted molar refractivity (Wildman–Crippen MR) is 155 cm³/mol. The van der Waals surface area contributed by atoms with Crippen molar-refractivity contribution in [3.63, 3.8) is 0 Å². The van der Waals surface area contributed by atoms with E-state index in [4.69, 9.17) is 15.0 Å². The summed E-state index contributed by atoms with van der Waals surface area (Å²) in [5.41, 5.74) is 2.42. The van der Waals surface area contributed by atoms with Crippen LogP contribution >= 0.6 is 11.3 Å². The first-order valence-electron chi connectivity index (χ1n) is 13.3. The maximum atomic E-state index is 14.9. The number of aromatic nitrogens is 3. The molecule has 2 heterocycles. The normalized spacial score (nSPS) is 13.3. The Bertz CT molecular complexity index is 2010. The molecule has 6 rings (SSSR count). The highest BCUT2D eigenvalue weighted by atomic mass is 32.2. The molecule has 2 aromatic heterocycles. The Morgan fingerprint density at radius 2 is 1.80 bits per heavy atom. The lowest BCUT2D eigenvalue weighted by molar-refractivity contribution is 0.0691. The fourth-order valence-corrected chi connectivity index (χ4v) is 6.13. The van der Waals surface area contributed by atoms with Crippen molar-refractivity contribution in [3.05, 3.63) is 106 Å². The summed E-state index contributed by atoms with van der Waals surface area (Å²) in [5.74, 6) is -2.97. The van der Waals surface area contributed by atoms with Gasteiger partial charge in [-0.05, 0) is 85.3 Å². The summed E-state index contributed by atoms with van der Waals surface area (Å²) >= 11 is 1.08. The molecule has 9 nitrogen and oxygen atoms in total. The Balaban J connectivity index is 1.50. The topological polar surface area (TPSA) is 137 Å². The van der Waals surface area contributed by atoms with Crippen LogP contribution in [0.1, 0.15) is 40.2 Å². The number of thiazole rings is 1. The molecule has 0 spiro atoms. The van der Waals surface area contributed by atoms with Crippen molar-refractivity contribution < 1.29 is 36.2 Å². The Morgan fingerprint density at radius 1 is 1.05 bits per heavy atom. The van der Waals surface area contributed by atoms with E-state index in [2.05, 4.69) is 4.98 Å². The zero-order valence-corrected chi connectivity index (χ0v) is 24.3. The van der Waals surface area contributed by atoms with Gasteiger partial charge < -0.3 is 9.84 Å². The molecule has 0 unspecified atom stereocenters. The molecule has 0 aliphatic heterocycles. The van der Waals surface area contributed by atoms with Crippen molar-refractivity contribution in [2.75, 3.05) is 0 Å². The largest absolute Gasteiger partial charge is 0.476 e. The van der Waals surface area contributed by atoms with Crippen molar-refractivity contribution in [1.82, 2.24) is 14.8 Å². The van der Waals surface area contributed by atoms with Crippen LogP contribution in [0.2, 0.25) is 0 Å². The van der Waals surface area contributed by atoms with Crippen molar-refractivity contribution in [2.24, 2.45) is 11.1 Å². The minimum atomic E-state index is -4.28. The van der Waals surface area contributed by atoms with Crippen molar-refractivity contribution >= 4 is 27.3 Å². The van der Waals surface area contributed by atoms with E-state index in [0.717, 1.165) is 36.3 Å². The molecule has 0 bridgehead atoms. The molecule has 1 aliphatic carbocycles. The average molecular weight is 641 g/mol. The van der Waals surface area contributed by atoms with E-state index in [1.54, 1.807) is 4.68 Å². The molecular weight excluding hydrogens is 617 g/mol. The first kappa shape index (κ1) is 29.5. The van der Waals surface area contributed by atoms with Crippen LogP contribution in [0, 0.1) is 23.4 Å². The van der Waals surface area contributed by atoms with E-state index in [1.165, 1.54) is 53.9 Å². The molecule has 0 radical (unpaired) electrons. The van der Waals surface area contributed by atoms with E-state index < -0.39 is 38.3 Å². The number of rotatable bonds is 10. The van der Waals surface area contributed by atoms with Gasteiger partial charge in [0.05, 0.1) is 11.4 Å². The second-order valence-electron chi connectivity index (χ2n) is 10.3. The highest BCUT2D eigenvalue weighted by Crippen LogP contribution is 2.39. The highest BCUT2D eigenvalue weighted by Gasteiger charge is 2.30. The molecule has 1 aliphatic rings. The van der Waals surface area contributed by atoms with Gasteiger partial charge in [0.1, 0.15) is 22.3 Å². The van der Waals surface area contributed by atoms with E-state index >= 15 is 0 Å². The van der Waals surface area contributed by atoms with Crippen LogP contribution in [-0.2, 0) is 22.9 Å². The number of hydrogen-bond acceptors (Lipinski definition) is 7. The Morgan fingerprint density at radius 3 is 2.43 bits per heavy atom. The molecule has 0 atom stereocenters. The summed E-state index contributed by atoms with van der Waals surface area (Å²) in [7, 11) is -4.28. The second-order valence-corrected chi connectivity index (χ2v) is 12.7. The predicted octanol–water partition coefficient (Wildman–Crippen LogP) is 6.09. The quantitative estimate of drug-likeness (QED) is 0.188. The monoisotopic (exact) mass is 640 g/mol. The molecule has 0 saturated heterocycles. The molecule has 14 heteroatoms. The molecule has 5 aromatic rings. The van der Waals surface area contributed by atoms with E-state index in [1.807, 2.05) is 0 Å². The molecule has 1 saturated carbocycles. The minimum Gasteiger partial charge on any atom is -0.476 e. The van der Waals surface area contributed by atoms with Gasteiger partial charge in [0, 0.05) is 22.9 Å². The van der Waals surface area contributed by atoms with Gasteiger partial charge in [0.2, 0.25) is 15.2 Å². The van der Waals surface area contributed by atoms with Crippen molar-refractivity contribution in [3.8, 4) is 27.9 Å². The van der Waals surface area contributed by atoms with E-state index in [9.17, 15) is 31.5 Å². The number of halogens is 3. The van der Waals surface area contributed by atoms with Gasteiger partial charge in [-0.15, -0.1) is 11.3 Å². The van der Waals surface area contributed by atoms with Gasteiger partial charge in [-0.25, -0.2) is 41.2 Å². The average Bonchev–Trinajstić information content (AvgIpc) is 3.53. The lowest BCUT2D eigenvalue weighted by Gasteiger charge is -2.11. The third-order valence-electron chi connectivity index (χ3n) is 7.09. The van der Waals surface area contributed by atoms with E-state index in [0.29, 0.717) is 45.5 Å². The summed E-state index contributed by atoms with van der Waals surface area (Å²) in [4.78, 5) is 15.2. The van der Waals surface area contributed by atoms with Gasteiger partial charge in [0.15, 0.2) is 17.3 Å². The first-order valence-corrected chi connectivity index (χ1v) is 15.7. The number of carbonyl (C=O) groups is 1. The summed E-state index contributed by atoms with van der Waals surface area (Å²) in [5, 5.41) is 21.1. The Hall–Kier alpha value is -4.53. The third-order valence-corrected chi connectivity index (χ3v) is 8.85. The molecule has 1 fully saturated rings. The number of primary sulfonamides is 1. The van der Waals surface area contributed by atoms with Gasteiger partial charge in [-0.1, -0.05) is 6.07 Å². The number of nitrogens with zero attached hydrogens (tertiary/aromatic N) is 3. The number of aromatic carboxylic acids is 1. The molecule has 3 N–H and O–H groups in total. The number of benzene rings is 3. The molecular formula is C30H23F3N4O5S2. The number of carboxylic acids is 1. The van der Waals surface area contributed by atoms with Gasteiger partial charge >= 0.3 is 5.97 Å². The number of nitrogens with two attached hydrogens (primary N) is 1. The van der Waals surface area contributed by atoms with E-state index in [-0.39, 0.29) is 23.6 Å². The SMILES string of the molecule is NS(=O)(=O)c1ccc(Cc2c(-c3ccc(F)c(Oc4ccc(F)cc4)c3)nn(-c3nc(C(=O)O)cs3)c2CC2CC2)cc1F. The molecule has 44 heavy (non-hydrogen) atoms. The second kappa shape index (κ2) is 11.5. The van der Waals surface area contributed by atoms with Crippen LogP contribution in [-0.4, -0.2) is 34.3 Å². The number of ether oxygens (including phenoxy) is 1. The zero-order chi connectivity index (χ0) is 31.2. The number of sulfonamides is 1. The lowest BCUT2D eigenvalue weighted by atomic mass is 9.96. The smallest absolute Gasteiger partial charge is 0.355 e. The highest BCUT2D eigenvalue weighted by molar-refractivity contribution is 7.89. The molecule has 0 amide bonds. The Kier molecular flexibility index (Phi) is 7.73. The summed E-state index contributed by atoms with van der Waals surface area (Å²) in [6, 6.07) is 12.8. The summed E-state index contributed by atoms with van der Waals surface area (Å²) < 4.78 is 74.0. The minimum absolute atomic E-state index is 0.0991. The van der Waals surface area contributed by atoms with Crippen LogP contribution in [0.25, 0.3) is 16.4 Å². The maximum Gasteiger partial charge on any atom is 0.355 e. The summed E-state index contributed by atoms with van der Waals surface area (Å²) in [6.07, 6.45) is 2.61. The molecule has 3 aromatic carbocycles. The fraction of sp³-hybridized carbons (Fsp3) is 0.167. The van der Waals surface area contributed by atoms with Crippen LogP contribution in [0.4, 0.5) is 13.2 Å². The zero-order valence-electron chi connectivity index (χ0n) is 22.7. The first-order chi connectivity index (χ1) is 21.0. The number of carboxylic acid groups (broad SMARTS) is 1. The maximum absolute atomic E-state index is 14.9. The van der Waals surface area contributed by atoms with Crippen LogP contribution in [0.15, 0.2) is 70.9 Å². The van der Waals surface area contributed by atoms with Crippen LogP contribution in [0.5, 0.6) is 11.5 Å². The van der Waals surface area contributed by atoms with Gasteiger partial charge in [-0.3, -0.25) is 0 Å². The molecule has 226 valence electrons. The number of hydrogen-bond donors (Lipinski definition) is 2.